The molecule has 0 aliphatic heterocycles. The maximum absolute atomic E-state index is 15.3. The number of rotatable bonds is 14. The van der Waals surface area contributed by atoms with Crippen molar-refractivity contribution in [3.63, 3.8) is 0 Å². The molecule has 0 unspecified atom stereocenters. The molecule has 0 spiro atoms. The quantitative estimate of drug-likeness (QED) is 0.0746. The number of nitrogens with zero attached hydrogens (tertiary/aromatic N) is 1. The van der Waals surface area contributed by atoms with Crippen LogP contribution in [0.3, 0.4) is 0 Å². The second kappa shape index (κ2) is 15.1. The largest absolute Gasteiger partial charge is 0.492 e. The molecule has 6 rings (SSSR count). The monoisotopic (exact) mass is 822 g/mol. The van der Waals surface area contributed by atoms with Crippen LogP contribution in [0.5, 0.6) is 5.75 Å². The highest BCUT2D eigenvalue weighted by Gasteiger charge is 2.33. The lowest BCUT2D eigenvalue weighted by molar-refractivity contribution is -0.116. The zero-order valence-electron chi connectivity index (χ0n) is 27.6. The van der Waals surface area contributed by atoms with E-state index in [1.165, 1.54) is 30.3 Å². The highest BCUT2D eigenvalue weighted by atomic mass is 79.9. The van der Waals surface area contributed by atoms with E-state index in [0.29, 0.717) is 21.9 Å². The molecule has 2 aliphatic carbocycles. The van der Waals surface area contributed by atoms with Crippen LogP contribution in [0, 0.1) is 23.3 Å². The van der Waals surface area contributed by atoms with E-state index in [9.17, 15) is 31.9 Å². The highest BCUT2D eigenvalue weighted by molar-refractivity contribution is 9.10. The van der Waals surface area contributed by atoms with Gasteiger partial charge in [0.15, 0.2) is 23.3 Å². The average molecular weight is 824 g/mol. The maximum atomic E-state index is 15.3. The number of carboxylic acid groups (broad SMARTS) is 1. The third-order valence-corrected chi connectivity index (χ3v) is 11.4. The van der Waals surface area contributed by atoms with Crippen LogP contribution >= 0.6 is 27.5 Å². The van der Waals surface area contributed by atoms with Gasteiger partial charge in [-0.1, -0.05) is 41.9 Å². The molecule has 0 radical (unpaired) electrons. The van der Waals surface area contributed by atoms with Crippen molar-refractivity contribution >= 4 is 60.8 Å². The van der Waals surface area contributed by atoms with Crippen molar-refractivity contribution in [2.24, 2.45) is 0 Å². The van der Waals surface area contributed by atoms with Gasteiger partial charge in [0.2, 0.25) is 15.9 Å². The van der Waals surface area contributed by atoms with Gasteiger partial charge in [0.1, 0.15) is 11.5 Å². The van der Waals surface area contributed by atoms with E-state index in [-0.39, 0.29) is 40.7 Å². The number of ether oxygens (including phenoxy) is 1. The topological polar surface area (TPSA) is 113 Å². The second-order valence-corrected chi connectivity index (χ2v) is 15.8. The Morgan fingerprint density at radius 3 is 2.17 bits per heavy atom. The molecule has 0 atom stereocenters. The van der Waals surface area contributed by atoms with E-state index in [4.69, 9.17) is 16.3 Å². The lowest BCUT2D eigenvalue weighted by atomic mass is 9.99. The number of halogens is 6. The summed E-state index contributed by atoms with van der Waals surface area (Å²) in [5.41, 5.74) is 0.839. The number of anilines is 2. The molecule has 1 amide bonds. The minimum absolute atomic E-state index is 0.0104. The minimum atomic E-state index is -4.97. The molecule has 2 N–H and O–H groups in total. The molecule has 2 fully saturated rings. The Morgan fingerprint density at radius 2 is 1.58 bits per heavy atom. The predicted octanol–water partition coefficient (Wildman–Crippen LogP) is 9.08. The fraction of sp³-hybridized carbons (Fsp3) is 0.297. The fourth-order valence-corrected chi connectivity index (χ4v) is 7.71. The molecule has 0 bridgehead atoms. The Kier molecular flexibility index (Phi) is 10.9. The number of hydrogen-bond donors (Lipinski definition) is 2. The molecule has 52 heavy (non-hydrogen) atoms. The highest BCUT2D eigenvalue weighted by Crippen LogP contribution is 2.46. The van der Waals surface area contributed by atoms with E-state index in [0.717, 1.165) is 41.7 Å². The van der Waals surface area contributed by atoms with Crippen molar-refractivity contribution in [2.45, 2.75) is 57.4 Å². The first-order valence-electron chi connectivity index (χ1n) is 16.4. The number of carbonyl (C=O) groups is 2. The second-order valence-electron chi connectivity index (χ2n) is 12.8. The van der Waals surface area contributed by atoms with Crippen LogP contribution in [0.25, 0.3) is 0 Å². The first kappa shape index (κ1) is 37.6. The normalized spacial score (nSPS) is 14.3. The molecule has 4 aromatic rings. The van der Waals surface area contributed by atoms with Gasteiger partial charge < -0.3 is 14.7 Å². The van der Waals surface area contributed by atoms with Crippen molar-refractivity contribution < 1.29 is 45.4 Å². The summed E-state index contributed by atoms with van der Waals surface area (Å²) in [5, 5.41) is 9.65. The maximum Gasteiger partial charge on any atom is 0.335 e. The lowest BCUT2D eigenvalue weighted by Gasteiger charge is -2.26. The molecule has 0 heterocycles. The predicted molar refractivity (Wildman–Crippen MR) is 192 cm³/mol. The molecule has 0 saturated heterocycles. The van der Waals surface area contributed by atoms with Crippen LogP contribution < -0.4 is 14.4 Å². The average Bonchev–Trinajstić information content (AvgIpc) is 4.02. The lowest BCUT2D eigenvalue weighted by Crippen LogP contribution is -2.37. The Bertz CT molecular complexity index is 2170. The Hall–Kier alpha value is -4.14. The van der Waals surface area contributed by atoms with Crippen LogP contribution in [-0.2, 0) is 27.8 Å². The Morgan fingerprint density at radius 1 is 0.942 bits per heavy atom. The summed E-state index contributed by atoms with van der Waals surface area (Å²) in [7, 11) is -4.97. The van der Waals surface area contributed by atoms with Gasteiger partial charge in [-0.3, -0.25) is 9.52 Å². The van der Waals surface area contributed by atoms with E-state index < -0.39 is 68.6 Å². The number of hydrogen-bond acceptors (Lipinski definition) is 5. The summed E-state index contributed by atoms with van der Waals surface area (Å²) >= 11 is 9.48. The minimum Gasteiger partial charge on any atom is -0.492 e. The van der Waals surface area contributed by atoms with Crippen molar-refractivity contribution in [1.82, 2.24) is 0 Å². The van der Waals surface area contributed by atoms with Gasteiger partial charge in [-0.05, 0) is 107 Å². The van der Waals surface area contributed by atoms with Gasteiger partial charge >= 0.3 is 5.97 Å². The number of sulfonamides is 1. The zero-order valence-corrected chi connectivity index (χ0v) is 30.8. The molecule has 2 aliphatic rings. The van der Waals surface area contributed by atoms with Crippen molar-refractivity contribution in [3.8, 4) is 5.75 Å². The first-order chi connectivity index (χ1) is 24.7. The molecule has 4 aromatic carbocycles. The first-order valence-corrected chi connectivity index (χ1v) is 19.2. The number of nitrogens with one attached hydrogen (secondary N) is 1. The van der Waals surface area contributed by atoms with Gasteiger partial charge in [-0.15, -0.1) is 0 Å². The number of amides is 1. The molecule has 15 heteroatoms. The van der Waals surface area contributed by atoms with E-state index in [1.807, 2.05) is 12.1 Å². The third kappa shape index (κ3) is 8.24. The summed E-state index contributed by atoms with van der Waals surface area (Å²) in [4.78, 5) is 27.0. The number of benzene rings is 4. The van der Waals surface area contributed by atoms with Crippen molar-refractivity contribution in [3.05, 3.63) is 121 Å². The number of aromatic carboxylic acids is 1. The van der Waals surface area contributed by atoms with Crippen LogP contribution in [0.4, 0.5) is 28.9 Å². The van der Waals surface area contributed by atoms with E-state index in [1.54, 1.807) is 17.7 Å². The summed E-state index contributed by atoms with van der Waals surface area (Å²) in [5.74, 6) is -11.2. The SMILES string of the molecule is CCOc1cc(C(=O)O)ccc1N(Cc1cc(C2CC2)cc(C2CC2)c1)C(=O)CS(=O)(=O)Nc1c(F)c(F)c(F)c(F)c1Cc1cccc(Br)c1Cl. The van der Waals surface area contributed by atoms with Gasteiger partial charge in [0.05, 0.1) is 35.1 Å². The smallest absolute Gasteiger partial charge is 0.335 e. The Labute approximate surface area is 310 Å². The standard InChI is InChI=1S/C37H32BrClF4N2O6S/c1-2-51-29-16-23(37(47)48)10-11-28(29)45(17-19-12-24(20-6-7-20)14-25(13-19)21-8-9-21)30(46)18-52(49,50)44-36-26(32(40)33(41)34(42)35(36)43)15-22-4-3-5-27(38)31(22)39/h3-5,10-14,16,20-21,44H,2,6-9,15,17-18H2,1H3,(H,47,48). The van der Waals surface area contributed by atoms with Gasteiger partial charge in [0, 0.05) is 16.5 Å². The van der Waals surface area contributed by atoms with Crippen LogP contribution in [0.2, 0.25) is 5.02 Å². The van der Waals surface area contributed by atoms with Crippen LogP contribution in [0.15, 0.2) is 59.1 Å². The van der Waals surface area contributed by atoms with Gasteiger partial charge in [-0.25, -0.2) is 30.8 Å². The number of carbonyl (C=O) groups excluding carboxylic acids is 1. The van der Waals surface area contributed by atoms with E-state index >= 15 is 8.78 Å². The third-order valence-electron chi connectivity index (χ3n) is 8.91. The molecule has 8 nitrogen and oxygen atoms in total. The van der Waals surface area contributed by atoms with E-state index in [2.05, 4.69) is 22.0 Å². The molecular weight excluding hydrogens is 792 g/mol. The number of carboxylic acids is 1. The fourth-order valence-electron chi connectivity index (χ4n) is 6.03. The summed E-state index contributed by atoms with van der Waals surface area (Å²) in [6.07, 6.45) is 3.42. The van der Waals surface area contributed by atoms with Crippen molar-refractivity contribution in [2.75, 3.05) is 22.0 Å². The molecule has 0 aromatic heterocycles. The van der Waals surface area contributed by atoms with Crippen LogP contribution in [-0.4, -0.2) is 37.8 Å². The van der Waals surface area contributed by atoms with Crippen molar-refractivity contribution in [1.29, 1.82) is 0 Å². The molecule has 2 saturated carbocycles. The molecule has 274 valence electrons. The van der Waals surface area contributed by atoms with Gasteiger partial charge in [-0.2, -0.15) is 0 Å². The van der Waals surface area contributed by atoms with Crippen LogP contribution in [0.1, 0.15) is 82.6 Å². The summed E-state index contributed by atoms with van der Waals surface area (Å²) in [6, 6.07) is 14.3. The molecular formula is C37H32BrClF4N2O6S. The summed E-state index contributed by atoms with van der Waals surface area (Å²) < 4.78 is 94.7. The van der Waals surface area contributed by atoms with Gasteiger partial charge in [0.25, 0.3) is 0 Å². The summed E-state index contributed by atoms with van der Waals surface area (Å²) in [6.45, 7) is 1.57. The zero-order chi connectivity index (χ0) is 37.5. The Balaban J connectivity index is 1.38.